The van der Waals surface area contributed by atoms with Gasteiger partial charge in [0.15, 0.2) is 0 Å². The van der Waals surface area contributed by atoms with E-state index in [1.807, 2.05) is 26.2 Å². The van der Waals surface area contributed by atoms with E-state index in [1.54, 1.807) is 0 Å². The van der Waals surface area contributed by atoms with Crippen molar-refractivity contribution in [2.45, 2.75) is 0 Å². The summed E-state index contributed by atoms with van der Waals surface area (Å²) in [6.45, 7) is 2.97. The number of fused-ring (bicyclic) bond motifs is 3. The van der Waals surface area contributed by atoms with Crippen LogP contribution < -0.4 is 20.1 Å². The summed E-state index contributed by atoms with van der Waals surface area (Å²) in [5.41, 5.74) is 2.21. The molecule has 3 N–H and O–H groups in total. The molecule has 0 aliphatic heterocycles. The Morgan fingerprint density at radius 1 is 0.783 bits per heavy atom. The first-order chi connectivity index (χ1) is 11.3. The average molecular weight is 313 g/mol. The number of H-pyrrole nitrogens is 1. The lowest BCUT2D eigenvalue weighted by Crippen LogP contribution is -2.15. The number of likely N-dealkylation sites (N-methyl/N-ethyl adjacent to an activating group) is 2. The van der Waals surface area contributed by atoms with Crippen molar-refractivity contribution >= 4 is 21.8 Å². The van der Waals surface area contributed by atoms with Gasteiger partial charge in [-0.25, -0.2) is 0 Å². The normalized spacial score (nSPS) is 11.2. The van der Waals surface area contributed by atoms with E-state index in [9.17, 15) is 0 Å². The fraction of sp³-hybridized carbons (Fsp3) is 0.333. The molecule has 0 fully saturated rings. The van der Waals surface area contributed by atoms with Gasteiger partial charge in [0.25, 0.3) is 0 Å². The molecule has 2 aromatic carbocycles. The van der Waals surface area contributed by atoms with Crippen LogP contribution in [0, 0.1) is 0 Å². The number of nitrogens with one attached hydrogen (secondary N) is 3. The molecule has 3 aromatic rings. The number of aromatic amines is 1. The van der Waals surface area contributed by atoms with Crippen LogP contribution in [0.15, 0.2) is 36.4 Å². The highest BCUT2D eigenvalue weighted by Crippen LogP contribution is 2.31. The van der Waals surface area contributed by atoms with Crippen LogP contribution in [0.5, 0.6) is 11.5 Å². The molecule has 0 spiro atoms. The zero-order valence-electron chi connectivity index (χ0n) is 13.6. The smallest absolute Gasteiger partial charge is 0.120 e. The van der Waals surface area contributed by atoms with Crippen molar-refractivity contribution in [1.82, 2.24) is 15.6 Å². The molecular weight excluding hydrogens is 290 g/mol. The third-order valence-corrected chi connectivity index (χ3v) is 3.78. The van der Waals surface area contributed by atoms with Gasteiger partial charge in [0.1, 0.15) is 24.7 Å². The van der Waals surface area contributed by atoms with Crippen LogP contribution in [0.2, 0.25) is 0 Å². The second-order valence-corrected chi connectivity index (χ2v) is 5.44. The van der Waals surface area contributed by atoms with E-state index in [1.165, 1.54) is 0 Å². The van der Waals surface area contributed by atoms with Gasteiger partial charge in [0.2, 0.25) is 0 Å². The molecule has 0 atom stereocenters. The molecule has 1 heterocycles. The molecular formula is C18H23N3O2. The lowest BCUT2D eigenvalue weighted by Gasteiger charge is -2.06. The Labute approximate surface area is 136 Å². The molecule has 5 nitrogen and oxygen atoms in total. The minimum absolute atomic E-state index is 0.655. The number of benzene rings is 2. The van der Waals surface area contributed by atoms with E-state index in [0.717, 1.165) is 46.4 Å². The molecule has 5 heteroatoms. The van der Waals surface area contributed by atoms with Crippen molar-refractivity contribution in [3.8, 4) is 11.5 Å². The van der Waals surface area contributed by atoms with Crippen LogP contribution in [0.4, 0.5) is 0 Å². The number of ether oxygens (including phenoxy) is 2. The molecule has 0 radical (unpaired) electrons. The first-order valence-electron chi connectivity index (χ1n) is 7.92. The van der Waals surface area contributed by atoms with Crippen molar-refractivity contribution < 1.29 is 9.47 Å². The number of rotatable bonds is 8. The van der Waals surface area contributed by atoms with Gasteiger partial charge in [-0.15, -0.1) is 0 Å². The first kappa shape index (κ1) is 15.6. The molecule has 3 rings (SSSR count). The molecule has 0 unspecified atom stereocenters. The standard InChI is InChI=1S/C18H23N3O2/c1-19-7-9-22-13-3-5-17-15(11-13)16-12-14(23-10-8-20-2)4-6-18(16)21-17/h3-6,11-12,19-21H,7-10H2,1-2H3. The Balaban J connectivity index is 1.89. The summed E-state index contributed by atoms with van der Waals surface area (Å²) in [4.78, 5) is 3.43. The number of hydrogen-bond acceptors (Lipinski definition) is 4. The van der Waals surface area contributed by atoms with Crippen molar-refractivity contribution in [3.63, 3.8) is 0 Å². The SMILES string of the molecule is CNCCOc1ccc2[nH]c3ccc(OCCNC)cc3c2c1. The van der Waals surface area contributed by atoms with Crippen LogP contribution in [-0.4, -0.2) is 45.4 Å². The summed E-state index contributed by atoms with van der Waals surface area (Å²) in [7, 11) is 3.84. The topological polar surface area (TPSA) is 58.3 Å². The molecule has 0 saturated heterocycles. The minimum Gasteiger partial charge on any atom is -0.492 e. The van der Waals surface area contributed by atoms with Gasteiger partial charge >= 0.3 is 0 Å². The predicted molar refractivity (Wildman–Crippen MR) is 94.6 cm³/mol. The maximum absolute atomic E-state index is 5.77. The first-order valence-corrected chi connectivity index (χ1v) is 7.92. The highest BCUT2D eigenvalue weighted by molar-refractivity contribution is 6.08. The molecule has 0 bridgehead atoms. The summed E-state index contributed by atoms with van der Waals surface area (Å²) in [5, 5.41) is 8.46. The summed E-state index contributed by atoms with van der Waals surface area (Å²) in [6.07, 6.45) is 0. The largest absolute Gasteiger partial charge is 0.492 e. The Kier molecular flexibility index (Phi) is 5.00. The van der Waals surface area contributed by atoms with E-state index in [0.29, 0.717) is 13.2 Å². The zero-order chi connectivity index (χ0) is 16.1. The summed E-state index contributed by atoms with van der Waals surface area (Å²) < 4.78 is 11.5. The number of aromatic nitrogens is 1. The Hall–Kier alpha value is -2.24. The Morgan fingerprint density at radius 3 is 1.70 bits per heavy atom. The van der Waals surface area contributed by atoms with E-state index in [2.05, 4.69) is 39.9 Å². The molecule has 0 aliphatic rings. The van der Waals surface area contributed by atoms with Crippen molar-refractivity contribution in [3.05, 3.63) is 36.4 Å². The summed E-state index contributed by atoms with van der Waals surface area (Å²) in [6, 6.07) is 12.3. The average Bonchev–Trinajstić information content (AvgIpc) is 2.93. The van der Waals surface area contributed by atoms with Crippen LogP contribution in [0.25, 0.3) is 21.8 Å². The lowest BCUT2D eigenvalue weighted by molar-refractivity contribution is 0.318. The van der Waals surface area contributed by atoms with Gasteiger partial charge in [-0.05, 0) is 50.5 Å². The lowest BCUT2D eigenvalue weighted by atomic mass is 10.1. The van der Waals surface area contributed by atoms with Gasteiger partial charge < -0.3 is 25.1 Å². The summed E-state index contributed by atoms with van der Waals surface area (Å²) in [5.74, 6) is 1.77. The zero-order valence-corrected chi connectivity index (χ0v) is 13.6. The fourth-order valence-corrected chi connectivity index (χ4v) is 2.58. The van der Waals surface area contributed by atoms with Gasteiger partial charge in [-0.3, -0.25) is 0 Å². The highest BCUT2D eigenvalue weighted by atomic mass is 16.5. The van der Waals surface area contributed by atoms with Gasteiger partial charge in [-0.1, -0.05) is 0 Å². The maximum atomic E-state index is 5.77. The van der Waals surface area contributed by atoms with E-state index < -0.39 is 0 Å². The van der Waals surface area contributed by atoms with Crippen molar-refractivity contribution in [2.75, 3.05) is 40.4 Å². The second-order valence-electron chi connectivity index (χ2n) is 5.44. The Morgan fingerprint density at radius 2 is 1.26 bits per heavy atom. The third-order valence-electron chi connectivity index (χ3n) is 3.78. The van der Waals surface area contributed by atoms with Crippen LogP contribution in [-0.2, 0) is 0 Å². The predicted octanol–water partition coefficient (Wildman–Crippen LogP) is 2.52. The Bertz CT molecular complexity index is 718. The van der Waals surface area contributed by atoms with Crippen LogP contribution in [0.3, 0.4) is 0 Å². The van der Waals surface area contributed by atoms with Crippen molar-refractivity contribution in [1.29, 1.82) is 0 Å². The molecule has 0 saturated carbocycles. The minimum atomic E-state index is 0.655. The molecule has 23 heavy (non-hydrogen) atoms. The van der Waals surface area contributed by atoms with Crippen LogP contribution in [0.1, 0.15) is 0 Å². The van der Waals surface area contributed by atoms with E-state index >= 15 is 0 Å². The monoisotopic (exact) mass is 313 g/mol. The third kappa shape index (κ3) is 3.57. The fourth-order valence-electron chi connectivity index (χ4n) is 2.58. The van der Waals surface area contributed by atoms with E-state index in [-0.39, 0.29) is 0 Å². The van der Waals surface area contributed by atoms with Gasteiger partial charge in [0.05, 0.1) is 0 Å². The maximum Gasteiger partial charge on any atom is 0.120 e. The second kappa shape index (κ2) is 7.35. The van der Waals surface area contributed by atoms with Crippen molar-refractivity contribution in [2.24, 2.45) is 0 Å². The van der Waals surface area contributed by atoms with Gasteiger partial charge in [-0.2, -0.15) is 0 Å². The summed E-state index contributed by atoms with van der Waals surface area (Å²) >= 11 is 0. The highest BCUT2D eigenvalue weighted by Gasteiger charge is 2.07. The molecule has 0 amide bonds. The number of hydrogen-bond donors (Lipinski definition) is 3. The molecule has 122 valence electrons. The molecule has 1 aromatic heterocycles. The van der Waals surface area contributed by atoms with E-state index in [4.69, 9.17) is 9.47 Å². The molecule has 0 aliphatic carbocycles. The van der Waals surface area contributed by atoms with Crippen LogP contribution >= 0.6 is 0 Å². The van der Waals surface area contributed by atoms with Gasteiger partial charge in [0, 0.05) is 34.9 Å². The quantitative estimate of drug-likeness (QED) is 0.559.